The summed E-state index contributed by atoms with van der Waals surface area (Å²) in [5, 5.41) is 0. The summed E-state index contributed by atoms with van der Waals surface area (Å²) >= 11 is 0. The van der Waals surface area contributed by atoms with E-state index in [0.717, 1.165) is 24.9 Å². The monoisotopic (exact) mass is 275 g/mol. The number of fused-ring (bicyclic) bond motifs is 2. The first kappa shape index (κ1) is 13.0. The van der Waals surface area contributed by atoms with Crippen LogP contribution in [-0.4, -0.2) is 32.1 Å². The smallest absolute Gasteiger partial charge is 0.341 e. The Morgan fingerprint density at radius 2 is 2.10 bits per heavy atom. The Bertz CT molecular complexity index is 569. The average Bonchev–Trinajstić information content (AvgIpc) is 3.06. The van der Waals surface area contributed by atoms with Gasteiger partial charge >= 0.3 is 5.97 Å². The maximum Gasteiger partial charge on any atom is 0.341 e. The van der Waals surface area contributed by atoms with Crippen molar-refractivity contribution in [3.05, 3.63) is 23.8 Å². The molecule has 2 bridgehead atoms. The first-order valence-electron chi connectivity index (χ1n) is 6.75. The van der Waals surface area contributed by atoms with Crippen LogP contribution in [0.5, 0.6) is 5.75 Å². The quantitative estimate of drug-likeness (QED) is 0.792. The molecule has 2 atom stereocenters. The Morgan fingerprint density at radius 1 is 1.30 bits per heavy atom. The minimum atomic E-state index is -0.442. The lowest BCUT2D eigenvalue weighted by Crippen LogP contribution is -2.36. The second-order valence-corrected chi connectivity index (χ2v) is 5.25. The van der Waals surface area contributed by atoms with Gasteiger partial charge in [-0.05, 0) is 31.4 Å². The fourth-order valence-corrected chi connectivity index (χ4v) is 3.24. The molecule has 5 heteroatoms. The maximum absolute atomic E-state index is 12.2. The van der Waals surface area contributed by atoms with Crippen LogP contribution in [-0.2, 0) is 9.53 Å². The summed E-state index contributed by atoms with van der Waals surface area (Å²) in [6.07, 6.45) is 2.99. The second kappa shape index (κ2) is 4.81. The third-order valence-corrected chi connectivity index (χ3v) is 4.23. The summed E-state index contributed by atoms with van der Waals surface area (Å²) in [4.78, 5) is 25.7. The van der Waals surface area contributed by atoms with E-state index in [0.29, 0.717) is 17.4 Å². The van der Waals surface area contributed by atoms with Crippen LogP contribution in [0, 0.1) is 5.92 Å². The molecule has 3 rings (SSSR count). The van der Waals surface area contributed by atoms with E-state index in [1.165, 1.54) is 14.2 Å². The van der Waals surface area contributed by atoms with Crippen molar-refractivity contribution in [2.24, 2.45) is 5.92 Å². The topological polar surface area (TPSA) is 55.8 Å². The molecule has 1 saturated heterocycles. The summed E-state index contributed by atoms with van der Waals surface area (Å²) in [5.74, 6) is 0.355. The zero-order valence-corrected chi connectivity index (χ0v) is 11.6. The van der Waals surface area contributed by atoms with Gasteiger partial charge < -0.3 is 14.4 Å². The fraction of sp³-hybridized carbons (Fsp3) is 0.467. The third kappa shape index (κ3) is 1.85. The van der Waals surface area contributed by atoms with Crippen molar-refractivity contribution < 1.29 is 19.1 Å². The molecule has 1 aliphatic heterocycles. The molecule has 106 valence electrons. The van der Waals surface area contributed by atoms with E-state index in [4.69, 9.17) is 9.47 Å². The van der Waals surface area contributed by atoms with Gasteiger partial charge in [0.25, 0.3) is 0 Å². The van der Waals surface area contributed by atoms with Crippen molar-refractivity contribution in [1.29, 1.82) is 0 Å². The fourth-order valence-electron chi connectivity index (χ4n) is 3.24. The molecular formula is C15H17NO4. The standard InChI is InChI=1S/C15H17NO4/c1-19-13-8-11(5-6-12(13)15(18)20-2)16-10-4-3-9(7-10)14(16)17/h5-6,8-10H,3-4,7H2,1-2H3/t9-,10?/m1/s1. The molecule has 1 saturated carbocycles. The predicted molar refractivity (Wildman–Crippen MR) is 72.9 cm³/mol. The maximum atomic E-state index is 12.2. The Kier molecular flexibility index (Phi) is 3.12. The number of methoxy groups -OCH3 is 2. The van der Waals surface area contributed by atoms with Crippen LogP contribution >= 0.6 is 0 Å². The highest BCUT2D eigenvalue weighted by Gasteiger charge is 2.45. The number of piperidine rings is 1. The third-order valence-electron chi connectivity index (χ3n) is 4.23. The highest BCUT2D eigenvalue weighted by atomic mass is 16.5. The molecule has 0 N–H and O–H groups in total. The molecule has 1 aromatic rings. The van der Waals surface area contributed by atoms with Gasteiger partial charge in [-0.15, -0.1) is 0 Å². The van der Waals surface area contributed by atoms with Gasteiger partial charge in [0.1, 0.15) is 11.3 Å². The van der Waals surface area contributed by atoms with Crippen molar-refractivity contribution in [2.45, 2.75) is 25.3 Å². The van der Waals surface area contributed by atoms with Crippen LogP contribution in [0.15, 0.2) is 18.2 Å². The summed E-state index contributed by atoms with van der Waals surface area (Å²) in [6, 6.07) is 5.47. The molecule has 2 aliphatic rings. The van der Waals surface area contributed by atoms with Crippen LogP contribution in [0.25, 0.3) is 0 Å². The molecule has 20 heavy (non-hydrogen) atoms. The molecule has 1 amide bonds. The van der Waals surface area contributed by atoms with E-state index in [2.05, 4.69) is 0 Å². The van der Waals surface area contributed by atoms with Crippen LogP contribution < -0.4 is 9.64 Å². The minimum Gasteiger partial charge on any atom is -0.496 e. The zero-order valence-electron chi connectivity index (χ0n) is 11.6. The highest BCUT2D eigenvalue weighted by molar-refractivity contribution is 6.00. The highest BCUT2D eigenvalue weighted by Crippen LogP contribution is 2.42. The van der Waals surface area contributed by atoms with Crippen LogP contribution in [0.1, 0.15) is 29.6 Å². The SMILES string of the molecule is COC(=O)c1ccc(N2C(=O)[C@@H]3CCC2C3)cc1OC. The van der Waals surface area contributed by atoms with Gasteiger partial charge in [0, 0.05) is 23.7 Å². The summed E-state index contributed by atoms with van der Waals surface area (Å²) < 4.78 is 9.96. The molecule has 1 unspecified atom stereocenters. The van der Waals surface area contributed by atoms with Gasteiger partial charge in [-0.3, -0.25) is 4.79 Å². The molecular weight excluding hydrogens is 258 g/mol. The van der Waals surface area contributed by atoms with Crippen molar-refractivity contribution in [1.82, 2.24) is 0 Å². The summed E-state index contributed by atoms with van der Waals surface area (Å²) in [7, 11) is 2.84. The molecule has 1 aliphatic carbocycles. The lowest BCUT2D eigenvalue weighted by molar-refractivity contribution is -0.121. The van der Waals surface area contributed by atoms with Crippen LogP contribution in [0.3, 0.4) is 0 Å². The molecule has 2 fully saturated rings. The number of amides is 1. The van der Waals surface area contributed by atoms with E-state index in [9.17, 15) is 9.59 Å². The van der Waals surface area contributed by atoms with Crippen molar-refractivity contribution in [3.8, 4) is 5.75 Å². The number of rotatable bonds is 3. The number of esters is 1. The number of anilines is 1. The molecule has 1 aromatic carbocycles. The van der Waals surface area contributed by atoms with E-state index >= 15 is 0 Å². The van der Waals surface area contributed by atoms with E-state index in [1.54, 1.807) is 18.2 Å². The number of benzene rings is 1. The molecule has 5 nitrogen and oxygen atoms in total. The first-order chi connectivity index (χ1) is 9.65. The number of hydrogen-bond donors (Lipinski definition) is 0. The lowest BCUT2D eigenvalue weighted by atomic mass is 10.1. The van der Waals surface area contributed by atoms with Gasteiger partial charge in [-0.25, -0.2) is 4.79 Å². The number of nitrogens with zero attached hydrogens (tertiary/aromatic N) is 1. The Labute approximate surface area is 117 Å². The van der Waals surface area contributed by atoms with E-state index in [-0.39, 0.29) is 11.8 Å². The zero-order chi connectivity index (χ0) is 14.3. The van der Waals surface area contributed by atoms with Gasteiger partial charge in [0.2, 0.25) is 5.91 Å². The second-order valence-electron chi connectivity index (χ2n) is 5.25. The molecule has 0 spiro atoms. The van der Waals surface area contributed by atoms with Gasteiger partial charge in [0.05, 0.1) is 14.2 Å². The van der Waals surface area contributed by atoms with Gasteiger partial charge in [-0.1, -0.05) is 0 Å². The van der Waals surface area contributed by atoms with E-state index in [1.807, 2.05) is 4.90 Å². The normalized spacial score (nSPS) is 24.1. The average molecular weight is 275 g/mol. The Balaban J connectivity index is 1.96. The summed E-state index contributed by atoms with van der Waals surface area (Å²) in [6.45, 7) is 0. The number of carbonyl (C=O) groups is 2. The number of ether oxygens (including phenoxy) is 2. The number of hydrogen-bond acceptors (Lipinski definition) is 4. The lowest BCUT2D eigenvalue weighted by Gasteiger charge is -2.27. The van der Waals surface area contributed by atoms with Gasteiger partial charge in [0.15, 0.2) is 0 Å². The molecule has 0 aromatic heterocycles. The van der Waals surface area contributed by atoms with Crippen LogP contribution in [0.2, 0.25) is 0 Å². The van der Waals surface area contributed by atoms with Crippen molar-refractivity contribution >= 4 is 17.6 Å². The van der Waals surface area contributed by atoms with Crippen LogP contribution in [0.4, 0.5) is 5.69 Å². The van der Waals surface area contributed by atoms with E-state index < -0.39 is 5.97 Å². The molecule has 1 heterocycles. The Hall–Kier alpha value is -2.04. The largest absolute Gasteiger partial charge is 0.496 e. The van der Waals surface area contributed by atoms with Crippen molar-refractivity contribution in [2.75, 3.05) is 19.1 Å². The van der Waals surface area contributed by atoms with Crippen molar-refractivity contribution in [3.63, 3.8) is 0 Å². The van der Waals surface area contributed by atoms with Gasteiger partial charge in [-0.2, -0.15) is 0 Å². The predicted octanol–water partition coefficient (Wildman–Crippen LogP) is 2.00. The number of carbonyl (C=O) groups excluding carboxylic acids is 2. The molecule has 0 radical (unpaired) electrons. The Morgan fingerprint density at radius 3 is 2.70 bits per heavy atom. The summed E-state index contributed by atoms with van der Waals surface area (Å²) in [5.41, 5.74) is 1.17. The first-order valence-corrected chi connectivity index (χ1v) is 6.75. The minimum absolute atomic E-state index is 0.172.